The smallest absolute Gasteiger partial charge is 0.154 e. The van der Waals surface area contributed by atoms with Crippen molar-refractivity contribution in [3.8, 4) is 0 Å². The van der Waals surface area contributed by atoms with Crippen molar-refractivity contribution in [1.29, 1.82) is 0 Å². The van der Waals surface area contributed by atoms with Crippen LogP contribution in [0.25, 0.3) is 0 Å². The number of nitrogens with zero attached hydrogens (tertiary/aromatic N) is 1. The maximum atomic E-state index is 10.4. The highest BCUT2D eigenvalue weighted by Crippen LogP contribution is 1.82. The lowest BCUT2D eigenvalue weighted by molar-refractivity contribution is -0.112. The second kappa shape index (κ2) is 4.13. The number of ketones is 1. The Hall–Kier alpha value is -0.790. The molecule has 0 heterocycles. The Morgan fingerprint density at radius 1 is 1.67 bits per heavy atom. The van der Waals surface area contributed by atoms with Crippen molar-refractivity contribution in [2.45, 2.75) is 13.8 Å². The number of hydrogen-bond acceptors (Lipinski definition) is 2. The summed E-state index contributed by atoms with van der Waals surface area (Å²) in [6.07, 6.45) is 3.34. The molecule has 0 aromatic carbocycles. The van der Waals surface area contributed by atoms with E-state index < -0.39 is 0 Å². The Bertz CT molecular complexity index is 118. The van der Waals surface area contributed by atoms with Crippen LogP contribution in [-0.4, -0.2) is 24.3 Å². The van der Waals surface area contributed by atoms with E-state index in [1.165, 1.54) is 0 Å². The molecule has 0 saturated heterocycles. The molecule has 0 aromatic rings. The highest BCUT2D eigenvalue weighted by atomic mass is 16.1. The van der Waals surface area contributed by atoms with Gasteiger partial charge in [-0.3, -0.25) is 4.79 Å². The summed E-state index contributed by atoms with van der Waals surface area (Å²) < 4.78 is 0. The van der Waals surface area contributed by atoms with Gasteiger partial charge in [0.1, 0.15) is 0 Å². The molecular formula is C7H13NO. The fourth-order valence-corrected chi connectivity index (χ4v) is 0.338. The molecule has 0 amide bonds. The quantitative estimate of drug-likeness (QED) is 0.528. The largest absolute Gasteiger partial charge is 0.381 e. The maximum Gasteiger partial charge on any atom is 0.154 e. The molecule has 52 valence electrons. The summed E-state index contributed by atoms with van der Waals surface area (Å²) in [6, 6.07) is 0. The van der Waals surface area contributed by atoms with Gasteiger partial charge in [0.25, 0.3) is 0 Å². The number of rotatable bonds is 3. The summed E-state index contributed by atoms with van der Waals surface area (Å²) in [5.41, 5.74) is 0. The molecule has 0 aliphatic rings. The first-order valence-electron chi connectivity index (χ1n) is 3.05. The van der Waals surface area contributed by atoms with E-state index in [0.717, 1.165) is 6.54 Å². The zero-order valence-electron chi connectivity index (χ0n) is 6.22. The molecule has 0 aliphatic heterocycles. The maximum absolute atomic E-state index is 10.4. The van der Waals surface area contributed by atoms with Crippen LogP contribution < -0.4 is 0 Å². The number of carbonyl (C=O) groups is 1. The standard InChI is InChI=1S/C7H13NO/c1-4-8(3)6-5-7(2)9/h5-6H,4H2,1-3H3/b6-5-. The van der Waals surface area contributed by atoms with E-state index in [1.807, 2.05) is 18.9 Å². The van der Waals surface area contributed by atoms with Gasteiger partial charge in [0.2, 0.25) is 0 Å². The van der Waals surface area contributed by atoms with Crippen LogP contribution in [-0.2, 0) is 4.79 Å². The molecule has 0 bridgehead atoms. The normalized spacial score (nSPS) is 10.1. The first kappa shape index (κ1) is 8.21. The number of carbonyl (C=O) groups excluding carboxylic acids is 1. The summed E-state index contributed by atoms with van der Waals surface area (Å²) >= 11 is 0. The van der Waals surface area contributed by atoms with Crippen LogP contribution >= 0.6 is 0 Å². The number of hydrogen-bond donors (Lipinski definition) is 0. The number of allylic oxidation sites excluding steroid dienone is 1. The van der Waals surface area contributed by atoms with Crippen LogP contribution in [0, 0.1) is 0 Å². The molecule has 0 fully saturated rings. The van der Waals surface area contributed by atoms with E-state index in [0.29, 0.717) is 0 Å². The highest BCUT2D eigenvalue weighted by Gasteiger charge is 1.84. The van der Waals surface area contributed by atoms with Crippen LogP contribution in [0.4, 0.5) is 0 Å². The van der Waals surface area contributed by atoms with E-state index in [2.05, 4.69) is 0 Å². The van der Waals surface area contributed by atoms with Crippen LogP contribution in [0.15, 0.2) is 12.3 Å². The van der Waals surface area contributed by atoms with Gasteiger partial charge < -0.3 is 4.90 Å². The first-order valence-corrected chi connectivity index (χ1v) is 3.05. The minimum absolute atomic E-state index is 0.0929. The van der Waals surface area contributed by atoms with E-state index in [4.69, 9.17) is 0 Å². The Kier molecular flexibility index (Phi) is 3.76. The summed E-state index contributed by atoms with van der Waals surface area (Å²) in [6.45, 7) is 4.51. The van der Waals surface area contributed by atoms with Crippen molar-refractivity contribution >= 4 is 5.78 Å². The Morgan fingerprint density at radius 2 is 2.22 bits per heavy atom. The van der Waals surface area contributed by atoms with Gasteiger partial charge in [0.05, 0.1) is 0 Å². The fourth-order valence-electron chi connectivity index (χ4n) is 0.338. The van der Waals surface area contributed by atoms with Crippen LogP contribution in [0.5, 0.6) is 0 Å². The molecule has 2 nitrogen and oxygen atoms in total. The molecule has 0 spiro atoms. The zero-order chi connectivity index (χ0) is 7.28. The molecule has 0 saturated carbocycles. The lowest BCUT2D eigenvalue weighted by atomic mass is 10.4. The summed E-state index contributed by atoms with van der Waals surface area (Å²) in [7, 11) is 1.93. The predicted molar refractivity (Wildman–Crippen MR) is 38.1 cm³/mol. The minimum Gasteiger partial charge on any atom is -0.381 e. The Labute approximate surface area is 56.2 Å². The van der Waals surface area contributed by atoms with Gasteiger partial charge in [0.15, 0.2) is 5.78 Å². The molecule has 2 heteroatoms. The summed E-state index contributed by atoms with van der Waals surface area (Å²) in [5.74, 6) is 0.0929. The van der Waals surface area contributed by atoms with Gasteiger partial charge in [-0.2, -0.15) is 0 Å². The second-order valence-corrected chi connectivity index (χ2v) is 2.00. The van der Waals surface area contributed by atoms with Gasteiger partial charge in [-0.15, -0.1) is 0 Å². The van der Waals surface area contributed by atoms with E-state index in [9.17, 15) is 4.79 Å². The monoisotopic (exact) mass is 127 g/mol. The van der Waals surface area contributed by atoms with Crippen molar-refractivity contribution in [2.75, 3.05) is 13.6 Å². The zero-order valence-corrected chi connectivity index (χ0v) is 6.22. The Morgan fingerprint density at radius 3 is 2.56 bits per heavy atom. The van der Waals surface area contributed by atoms with Crippen molar-refractivity contribution in [3.05, 3.63) is 12.3 Å². The third kappa shape index (κ3) is 5.07. The average molecular weight is 127 g/mol. The second-order valence-electron chi connectivity index (χ2n) is 2.00. The van der Waals surface area contributed by atoms with Crippen molar-refractivity contribution in [2.24, 2.45) is 0 Å². The molecular weight excluding hydrogens is 114 g/mol. The third-order valence-corrected chi connectivity index (χ3v) is 1.06. The molecule has 0 aliphatic carbocycles. The Balaban J connectivity index is 3.56. The predicted octanol–water partition coefficient (Wildman–Crippen LogP) is 1.04. The molecule has 0 N–H and O–H groups in total. The van der Waals surface area contributed by atoms with Gasteiger partial charge in [-0.05, 0) is 19.9 Å². The fraction of sp³-hybridized carbons (Fsp3) is 0.571. The summed E-state index contributed by atoms with van der Waals surface area (Å²) in [4.78, 5) is 12.3. The van der Waals surface area contributed by atoms with Crippen LogP contribution in [0.2, 0.25) is 0 Å². The first-order chi connectivity index (χ1) is 4.16. The van der Waals surface area contributed by atoms with E-state index >= 15 is 0 Å². The van der Waals surface area contributed by atoms with Crippen LogP contribution in [0.3, 0.4) is 0 Å². The van der Waals surface area contributed by atoms with E-state index in [1.54, 1.807) is 19.2 Å². The lowest BCUT2D eigenvalue weighted by Gasteiger charge is -2.07. The third-order valence-electron chi connectivity index (χ3n) is 1.06. The van der Waals surface area contributed by atoms with Gasteiger partial charge in [-0.1, -0.05) is 0 Å². The molecule has 0 rings (SSSR count). The van der Waals surface area contributed by atoms with Gasteiger partial charge in [-0.25, -0.2) is 0 Å². The van der Waals surface area contributed by atoms with Gasteiger partial charge in [0, 0.05) is 19.8 Å². The molecule has 0 unspecified atom stereocenters. The van der Waals surface area contributed by atoms with Crippen LogP contribution in [0.1, 0.15) is 13.8 Å². The SMILES string of the molecule is CCN(C)/C=C\C(C)=O. The molecule has 0 aromatic heterocycles. The lowest BCUT2D eigenvalue weighted by Crippen LogP contribution is -2.08. The van der Waals surface area contributed by atoms with Gasteiger partial charge >= 0.3 is 0 Å². The summed E-state index contributed by atoms with van der Waals surface area (Å²) in [5, 5.41) is 0. The highest BCUT2D eigenvalue weighted by molar-refractivity contribution is 5.87. The van der Waals surface area contributed by atoms with E-state index in [-0.39, 0.29) is 5.78 Å². The molecule has 9 heavy (non-hydrogen) atoms. The van der Waals surface area contributed by atoms with Crippen molar-refractivity contribution in [3.63, 3.8) is 0 Å². The average Bonchev–Trinajstić information content (AvgIpc) is 1.83. The molecule has 0 atom stereocenters. The topological polar surface area (TPSA) is 20.3 Å². The van der Waals surface area contributed by atoms with Crippen molar-refractivity contribution < 1.29 is 4.79 Å². The van der Waals surface area contributed by atoms with Crippen molar-refractivity contribution in [1.82, 2.24) is 4.90 Å². The minimum atomic E-state index is 0.0929. The molecule has 0 radical (unpaired) electrons.